The second-order valence-electron chi connectivity index (χ2n) is 6.04. The molecule has 3 rings (SSSR count). The van der Waals surface area contributed by atoms with Crippen LogP contribution in [-0.2, 0) is 0 Å². The van der Waals surface area contributed by atoms with Crippen LogP contribution in [0.25, 0.3) is 11.1 Å². The minimum atomic E-state index is -0.418. The molecular weight excluding hydrogens is 336 g/mol. The van der Waals surface area contributed by atoms with Gasteiger partial charge >= 0.3 is 5.76 Å². The molecule has 1 amide bonds. The summed E-state index contributed by atoms with van der Waals surface area (Å²) in [5.41, 5.74) is 2.06. The Bertz CT molecular complexity index is 1020. The molecule has 0 aliphatic carbocycles. The zero-order chi connectivity index (χ0) is 18.8. The number of fused-ring (bicyclic) bond motifs is 1. The normalized spacial score (nSPS) is 11.0. The number of anilines is 1. The predicted molar refractivity (Wildman–Crippen MR) is 98.4 cm³/mol. The number of hydrogen-bond acceptors (Lipinski definition) is 5. The van der Waals surface area contributed by atoms with Crippen molar-refractivity contribution in [2.45, 2.75) is 19.9 Å². The number of oxazole rings is 1. The zero-order valence-corrected chi connectivity index (χ0v) is 15.0. The number of benzene rings is 2. The molecule has 0 saturated carbocycles. The Kier molecular flexibility index (Phi) is 4.71. The number of ether oxygens (including phenoxy) is 2. The van der Waals surface area contributed by atoms with Crippen LogP contribution in [0.2, 0.25) is 0 Å². The van der Waals surface area contributed by atoms with Crippen LogP contribution < -0.4 is 20.5 Å². The van der Waals surface area contributed by atoms with Crippen LogP contribution in [0.1, 0.15) is 30.2 Å². The van der Waals surface area contributed by atoms with E-state index in [1.807, 2.05) is 13.8 Å². The van der Waals surface area contributed by atoms with E-state index in [1.165, 1.54) is 14.2 Å². The van der Waals surface area contributed by atoms with Crippen molar-refractivity contribution in [1.82, 2.24) is 4.57 Å². The Hall–Kier alpha value is -3.22. The molecule has 1 aromatic heterocycles. The van der Waals surface area contributed by atoms with Crippen molar-refractivity contribution in [3.63, 3.8) is 0 Å². The van der Waals surface area contributed by atoms with Crippen molar-refractivity contribution >= 4 is 22.7 Å². The molecule has 0 atom stereocenters. The van der Waals surface area contributed by atoms with Gasteiger partial charge in [-0.15, -0.1) is 0 Å². The summed E-state index contributed by atoms with van der Waals surface area (Å²) in [5.74, 6) is 0.284. The van der Waals surface area contributed by atoms with Gasteiger partial charge in [0.25, 0.3) is 5.91 Å². The first kappa shape index (κ1) is 17.6. The lowest BCUT2D eigenvalue weighted by molar-refractivity contribution is 0.102. The Morgan fingerprint density at radius 2 is 1.81 bits per heavy atom. The SMILES string of the molecule is COc1ccc(C(=O)Nc2ccc3c(c2)oc(=O)n3C(C)C)cc1OC. The number of nitrogens with one attached hydrogen (secondary N) is 1. The van der Waals surface area contributed by atoms with E-state index in [2.05, 4.69) is 5.32 Å². The van der Waals surface area contributed by atoms with E-state index in [-0.39, 0.29) is 11.9 Å². The molecule has 1 heterocycles. The average Bonchev–Trinajstić information content (AvgIpc) is 2.96. The van der Waals surface area contributed by atoms with E-state index >= 15 is 0 Å². The van der Waals surface area contributed by atoms with Crippen LogP contribution in [0.5, 0.6) is 11.5 Å². The average molecular weight is 356 g/mol. The summed E-state index contributed by atoms with van der Waals surface area (Å²) in [6.07, 6.45) is 0. The molecule has 0 spiro atoms. The maximum atomic E-state index is 12.5. The topological polar surface area (TPSA) is 82.7 Å². The Labute approximate surface area is 150 Å². The molecule has 7 nitrogen and oxygen atoms in total. The number of aromatic nitrogens is 1. The number of methoxy groups -OCH3 is 2. The molecule has 2 aromatic carbocycles. The molecule has 0 bridgehead atoms. The molecule has 1 N–H and O–H groups in total. The summed E-state index contributed by atoms with van der Waals surface area (Å²) in [6, 6.07) is 10.0. The third-order valence-electron chi connectivity index (χ3n) is 4.03. The van der Waals surface area contributed by atoms with Crippen LogP contribution in [0, 0.1) is 0 Å². The minimum Gasteiger partial charge on any atom is -0.493 e. The molecular formula is C19H20N2O5. The molecule has 136 valence electrons. The van der Waals surface area contributed by atoms with Gasteiger partial charge in [-0.2, -0.15) is 0 Å². The number of nitrogens with zero attached hydrogens (tertiary/aromatic N) is 1. The summed E-state index contributed by atoms with van der Waals surface area (Å²) in [6.45, 7) is 3.81. The Balaban J connectivity index is 1.89. The number of hydrogen-bond donors (Lipinski definition) is 1. The summed E-state index contributed by atoms with van der Waals surface area (Å²) < 4.78 is 17.2. The van der Waals surface area contributed by atoms with Crippen molar-refractivity contribution in [2.24, 2.45) is 0 Å². The quantitative estimate of drug-likeness (QED) is 0.757. The monoisotopic (exact) mass is 356 g/mol. The van der Waals surface area contributed by atoms with Gasteiger partial charge in [-0.25, -0.2) is 4.79 Å². The molecule has 0 saturated heterocycles. The van der Waals surface area contributed by atoms with Gasteiger partial charge in [0.05, 0.1) is 19.7 Å². The Morgan fingerprint density at radius 3 is 2.46 bits per heavy atom. The molecule has 26 heavy (non-hydrogen) atoms. The van der Waals surface area contributed by atoms with Crippen LogP contribution in [0.15, 0.2) is 45.6 Å². The molecule has 7 heteroatoms. The smallest absolute Gasteiger partial charge is 0.420 e. The standard InChI is InChI=1S/C19H20N2O5/c1-11(2)21-14-7-6-13(10-16(14)26-19(21)23)20-18(22)12-5-8-15(24-3)17(9-12)25-4/h5-11H,1-4H3,(H,20,22). The highest BCUT2D eigenvalue weighted by atomic mass is 16.5. The van der Waals surface area contributed by atoms with Gasteiger partial charge < -0.3 is 19.2 Å². The molecule has 0 fully saturated rings. The van der Waals surface area contributed by atoms with Crippen molar-refractivity contribution in [1.29, 1.82) is 0 Å². The zero-order valence-electron chi connectivity index (χ0n) is 15.0. The molecule has 0 radical (unpaired) electrons. The fourth-order valence-corrected chi connectivity index (χ4v) is 2.78. The number of carbonyl (C=O) groups excluding carboxylic acids is 1. The summed E-state index contributed by atoms with van der Waals surface area (Å²) in [4.78, 5) is 24.4. The summed E-state index contributed by atoms with van der Waals surface area (Å²) in [7, 11) is 3.04. The second-order valence-corrected chi connectivity index (χ2v) is 6.04. The van der Waals surface area contributed by atoms with Gasteiger partial charge in [-0.1, -0.05) is 0 Å². The molecule has 3 aromatic rings. The predicted octanol–water partition coefficient (Wildman–Crippen LogP) is 3.44. The van der Waals surface area contributed by atoms with Crippen molar-refractivity contribution in [3.8, 4) is 11.5 Å². The van der Waals surface area contributed by atoms with Gasteiger partial charge in [0.1, 0.15) is 0 Å². The first-order valence-corrected chi connectivity index (χ1v) is 8.13. The lowest BCUT2D eigenvalue weighted by Crippen LogP contribution is -2.15. The number of carbonyl (C=O) groups is 1. The van der Waals surface area contributed by atoms with Gasteiger partial charge in [0, 0.05) is 23.4 Å². The van der Waals surface area contributed by atoms with E-state index in [4.69, 9.17) is 13.9 Å². The maximum absolute atomic E-state index is 12.5. The van der Waals surface area contributed by atoms with Crippen molar-refractivity contribution < 1.29 is 18.7 Å². The third-order valence-corrected chi connectivity index (χ3v) is 4.03. The fourth-order valence-electron chi connectivity index (χ4n) is 2.78. The molecule has 0 unspecified atom stereocenters. The van der Waals surface area contributed by atoms with Crippen LogP contribution in [0.4, 0.5) is 5.69 Å². The minimum absolute atomic E-state index is 0.0176. The summed E-state index contributed by atoms with van der Waals surface area (Å²) >= 11 is 0. The van der Waals surface area contributed by atoms with Crippen LogP contribution >= 0.6 is 0 Å². The van der Waals surface area contributed by atoms with E-state index in [1.54, 1.807) is 41.0 Å². The molecule has 0 aliphatic rings. The van der Waals surface area contributed by atoms with E-state index in [0.717, 1.165) is 0 Å². The van der Waals surface area contributed by atoms with Gasteiger partial charge in [0.15, 0.2) is 17.1 Å². The highest BCUT2D eigenvalue weighted by Crippen LogP contribution is 2.28. The van der Waals surface area contributed by atoms with E-state index in [9.17, 15) is 9.59 Å². The maximum Gasteiger partial charge on any atom is 0.420 e. The lowest BCUT2D eigenvalue weighted by atomic mass is 10.1. The van der Waals surface area contributed by atoms with E-state index in [0.29, 0.717) is 33.8 Å². The lowest BCUT2D eigenvalue weighted by Gasteiger charge is -2.10. The van der Waals surface area contributed by atoms with Crippen molar-refractivity contribution in [2.75, 3.05) is 19.5 Å². The largest absolute Gasteiger partial charge is 0.493 e. The van der Waals surface area contributed by atoms with Crippen LogP contribution in [-0.4, -0.2) is 24.7 Å². The Morgan fingerprint density at radius 1 is 1.08 bits per heavy atom. The molecule has 0 aliphatic heterocycles. The number of amides is 1. The van der Waals surface area contributed by atoms with Crippen LogP contribution in [0.3, 0.4) is 0 Å². The van der Waals surface area contributed by atoms with Crippen molar-refractivity contribution in [3.05, 3.63) is 52.5 Å². The fraction of sp³-hybridized carbons (Fsp3) is 0.263. The van der Waals surface area contributed by atoms with E-state index < -0.39 is 5.76 Å². The van der Waals surface area contributed by atoms with Gasteiger partial charge in [-0.3, -0.25) is 9.36 Å². The number of rotatable bonds is 5. The summed E-state index contributed by atoms with van der Waals surface area (Å²) in [5, 5.41) is 2.79. The van der Waals surface area contributed by atoms with Gasteiger partial charge in [0.2, 0.25) is 0 Å². The first-order valence-electron chi connectivity index (χ1n) is 8.13. The third kappa shape index (κ3) is 3.15. The highest BCUT2D eigenvalue weighted by Gasteiger charge is 2.14. The second kappa shape index (κ2) is 6.95. The highest BCUT2D eigenvalue weighted by molar-refractivity contribution is 6.05. The first-order chi connectivity index (χ1) is 12.4. The van der Waals surface area contributed by atoms with Gasteiger partial charge in [-0.05, 0) is 44.2 Å².